The summed E-state index contributed by atoms with van der Waals surface area (Å²) in [7, 11) is 0. The molecular weight excluding hydrogens is 588 g/mol. The Labute approximate surface area is 271 Å². The van der Waals surface area contributed by atoms with Crippen molar-refractivity contribution in [2.24, 2.45) is 46.3 Å². The SMILES string of the molecule is C[C@H](CCC(=O)N[C@@H](CCC(=O)Nc1cccc(C(=O)O)c1)C(=O)O)[C@H]1CC[C@H]2[C@@H]3[C@H](O)C[C@@H]4C[C@H](O)CC[C@]4(C)[C@H]3CC[C@]12C. The van der Waals surface area contributed by atoms with Gasteiger partial charge in [0.15, 0.2) is 0 Å². The summed E-state index contributed by atoms with van der Waals surface area (Å²) in [6, 6.07) is 4.59. The summed E-state index contributed by atoms with van der Waals surface area (Å²) in [6.45, 7) is 7.02. The fraction of sp³-hybridized carbons (Fsp3) is 0.722. The van der Waals surface area contributed by atoms with Crippen LogP contribution in [-0.2, 0) is 14.4 Å². The molecule has 1 aromatic carbocycles. The van der Waals surface area contributed by atoms with Gasteiger partial charge in [-0.3, -0.25) is 9.59 Å². The Morgan fingerprint density at radius 1 is 0.891 bits per heavy atom. The zero-order valence-corrected chi connectivity index (χ0v) is 27.4. The molecule has 254 valence electrons. The second-order valence-electron chi connectivity index (χ2n) is 15.4. The first-order chi connectivity index (χ1) is 21.7. The van der Waals surface area contributed by atoms with Gasteiger partial charge in [-0.2, -0.15) is 0 Å². The summed E-state index contributed by atoms with van der Waals surface area (Å²) in [5, 5.41) is 45.9. The van der Waals surface area contributed by atoms with Gasteiger partial charge in [0, 0.05) is 18.5 Å². The van der Waals surface area contributed by atoms with Gasteiger partial charge in [-0.1, -0.05) is 26.8 Å². The molecule has 4 aliphatic carbocycles. The Bertz CT molecular complexity index is 1320. The number of carboxylic acid groups (broad SMARTS) is 2. The predicted molar refractivity (Wildman–Crippen MR) is 172 cm³/mol. The van der Waals surface area contributed by atoms with Gasteiger partial charge in [0.05, 0.1) is 17.8 Å². The van der Waals surface area contributed by atoms with E-state index in [1.165, 1.54) is 18.2 Å². The maximum absolute atomic E-state index is 12.9. The second kappa shape index (κ2) is 13.6. The van der Waals surface area contributed by atoms with Gasteiger partial charge in [0.25, 0.3) is 0 Å². The number of aliphatic hydroxyl groups excluding tert-OH is 2. The largest absolute Gasteiger partial charge is 0.480 e. The number of benzene rings is 1. The average Bonchev–Trinajstić information content (AvgIpc) is 3.36. The van der Waals surface area contributed by atoms with E-state index < -0.39 is 23.9 Å². The number of anilines is 1. The highest BCUT2D eigenvalue weighted by molar-refractivity contribution is 5.94. The number of rotatable bonds is 11. The van der Waals surface area contributed by atoms with E-state index in [1.54, 1.807) is 6.07 Å². The molecule has 0 heterocycles. The fourth-order valence-electron chi connectivity index (χ4n) is 10.5. The van der Waals surface area contributed by atoms with E-state index in [9.17, 15) is 34.5 Å². The summed E-state index contributed by atoms with van der Waals surface area (Å²) < 4.78 is 0. The van der Waals surface area contributed by atoms with Crippen LogP contribution in [0.5, 0.6) is 0 Å². The summed E-state index contributed by atoms with van der Waals surface area (Å²) in [4.78, 5) is 48.4. The van der Waals surface area contributed by atoms with E-state index in [1.807, 2.05) is 0 Å². The van der Waals surface area contributed by atoms with Gasteiger partial charge in [0.2, 0.25) is 11.8 Å². The van der Waals surface area contributed by atoms with Crippen molar-refractivity contribution in [1.82, 2.24) is 5.32 Å². The second-order valence-corrected chi connectivity index (χ2v) is 15.4. The monoisotopic (exact) mass is 640 g/mol. The molecule has 0 aliphatic heterocycles. The van der Waals surface area contributed by atoms with Crippen LogP contribution in [0.4, 0.5) is 5.69 Å². The van der Waals surface area contributed by atoms with E-state index in [2.05, 4.69) is 31.4 Å². The number of hydrogen-bond donors (Lipinski definition) is 6. The molecule has 0 spiro atoms. The number of carbonyl (C=O) groups is 4. The molecule has 10 nitrogen and oxygen atoms in total. The van der Waals surface area contributed by atoms with Gasteiger partial charge < -0.3 is 31.1 Å². The molecule has 4 fully saturated rings. The van der Waals surface area contributed by atoms with Crippen LogP contribution in [0, 0.1) is 46.3 Å². The summed E-state index contributed by atoms with van der Waals surface area (Å²) >= 11 is 0. The summed E-state index contributed by atoms with van der Waals surface area (Å²) in [5.74, 6) is -0.862. The highest BCUT2D eigenvalue weighted by atomic mass is 16.4. The van der Waals surface area contributed by atoms with Crippen LogP contribution in [0.2, 0.25) is 0 Å². The van der Waals surface area contributed by atoms with Crippen molar-refractivity contribution >= 4 is 29.4 Å². The van der Waals surface area contributed by atoms with Crippen LogP contribution < -0.4 is 10.6 Å². The molecule has 1 aromatic rings. The molecule has 0 radical (unpaired) electrons. The van der Waals surface area contributed by atoms with Crippen LogP contribution >= 0.6 is 0 Å². The number of aliphatic carboxylic acids is 1. The van der Waals surface area contributed by atoms with E-state index in [0.29, 0.717) is 35.8 Å². The normalized spacial score (nSPS) is 36.3. The van der Waals surface area contributed by atoms with Crippen LogP contribution in [0.25, 0.3) is 0 Å². The molecule has 5 rings (SSSR count). The first kappa shape index (κ1) is 34.4. The van der Waals surface area contributed by atoms with E-state index >= 15 is 0 Å². The Kier molecular flexibility index (Phi) is 10.2. The maximum atomic E-state index is 12.9. The van der Waals surface area contributed by atoms with Crippen molar-refractivity contribution in [1.29, 1.82) is 0 Å². The highest BCUT2D eigenvalue weighted by Gasteiger charge is 2.62. The van der Waals surface area contributed by atoms with E-state index in [-0.39, 0.29) is 65.6 Å². The molecule has 0 saturated heterocycles. The third kappa shape index (κ3) is 6.84. The molecular formula is C36H52N2O8. The Hall–Kier alpha value is -2.98. The van der Waals surface area contributed by atoms with Gasteiger partial charge in [0.1, 0.15) is 6.04 Å². The van der Waals surface area contributed by atoms with Crippen molar-refractivity contribution in [3.63, 3.8) is 0 Å². The average molecular weight is 641 g/mol. The van der Waals surface area contributed by atoms with Gasteiger partial charge in [-0.25, -0.2) is 9.59 Å². The lowest BCUT2D eigenvalue weighted by molar-refractivity contribution is -0.174. The number of hydrogen-bond acceptors (Lipinski definition) is 6. The first-order valence-electron chi connectivity index (χ1n) is 17.2. The van der Waals surface area contributed by atoms with Gasteiger partial charge >= 0.3 is 11.9 Å². The highest BCUT2D eigenvalue weighted by Crippen LogP contribution is 2.68. The van der Waals surface area contributed by atoms with Crippen LogP contribution in [0.3, 0.4) is 0 Å². The van der Waals surface area contributed by atoms with E-state index in [0.717, 1.165) is 51.4 Å². The molecule has 6 N–H and O–H groups in total. The van der Waals surface area contributed by atoms with Crippen molar-refractivity contribution < 1.29 is 39.6 Å². The third-order valence-electron chi connectivity index (χ3n) is 12.9. The van der Waals surface area contributed by atoms with E-state index in [4.69, 9.17) is 5.11 Å². The molecule has 0 bridgehead atoms. The lowest BCUT2D eigenvalue weighted by atomic mass is 9.43. The minimum Gasteiger partial charge on any atom is -0.480 e. The number of carbonyl (C=O) groups excluding carboxylic acids is 2. The third-order valence-corrected chi connectivity index (χ3v) is 12.9. The van der Waals surface area contributed by atoms with Crippen molar-refractivity contribution in [3.8, 4) is 0 Å². The molecule has 11 atom stereocenters. The van der Waals surface area contributed by atoms with Crippen LogP contribution in [0.15, 0.2) is 24.3 Å². The Morgan fingerprint density at radius 3 is 2.30 bits per heavy atom. The number of fused-ring (bicyclic) bond motifs is 5. The molecule has 0 unspecified atom stereocenters. The summed E-state index contributed by atoms with van der Waals surface area (Å²) in [5.41, 5.74) is 0.601. The number of amides is 2. The molecule has 2 amide bonds. The zero-order chi connectivity index (χ0) is 33.4. The predicted octanol–water partition coefficient (Wildman–Crippen LogP) is 5.08. The molecule has 10 heteroatoms. The topological polar surface area (TPSA) is 173 Å². The van der Waals surface area contributed by atoms with Crippen molar-refractivity contribution in [2.45, 2.75) is 116 Å². The lowest BCUT2D eigenvalue weighted by Crippen LogP contribution is -2.58. The minimum absolute atomic E-state index is 0.0255. The van der Waals surface area contributed by atoms with Crippen molar-refractivity contribution in [2.75, 3.05) is 5.32 Å². The number of carboxylic acids is 2. The number of aliphatic hydroxyl groups is 2. The minimum atomic E-state index is -1.21. The van der Waals surface area contributed by atoms with Crippen molar-refractivity contribution in [3.05, 3.63) is 29.8 Å². The van der Waals surface area contributed by atoms with Gasteiger partial charge in [-0.05, 0) is 129 Å². The standard InChI is InChI=1S/C36H52N2O8/c1-20(7-11-31(42)38-28(34(45)46)10-12-30(41)37-23-6-4-5-21(17-23)33(43)44)25-8-9-26-32-27(14-16-36(25,26)3)35(2)15-13-24(39)18-22(35)19-29(32)40/h4-6,17,20,22,24-29,32,39-40H,7-16,18-19H2,1-3H3,(H,37,41)(H,38,42)(H,43,44)(H,45,46)/t20-,22+,24-,25-,26+,27+,28+,29-,32+,35+,36-/m1/s1. The Balaban J connectivity index is 1.13. The van der Waals surface area contributed by atoms with Crippen LogP contribution in [0.1, 0.15) is 108 Å². The summed E-state index contributed by atoms with van der Waals surface area (Å²) in [6.07, 6.45) is 7.87. The Morgan fingerprint density at radius 2 is 1.59 bits per heavy atom. The van der Waals surface area contributed by atoms with Gasteiger partial charge in [-0.15, -0.1) is 0 Å². The number of aromatic carboxylic acids is 1. The molecule has 0 aromatic heterocycles. The molecule has 46 heavy (non-hydrogen) atoms. The first-order valence-corrected chi connectivity index (χ1v) is 17.2. The lowest BCUT2D eigenvalue weighted by Gasteiger charge is -2.62. The smallest absolute Gasteiger partial charge is 0.335 e. The molecule has 4 aliphatic rings. The van der Waals surface area contributed by atoms with Crippen LogP contribution in [-0.4, -0.2) is 62.4 Å². The fourth-order valence-corrected chi connectivity index (χ4v) is 10.5. The quantitative estimate of drug-likeness (QED) is 0.194. The molecule has 4 saturated carbocycles. The number of nitrogens with one attached hydrogen (secondary N) is 2. The zero-order valence-electron chi connectivity index (χ0n) is 27.4. The maximum Gasteiger partial charge on any atom is 0.335 e.